The van der Waals surface area contributed by atoms with Crippen LogP contribution in [0.3, 0.4) is 0 Å². The summed E-state index contributed by atoms with van der Waals surface area (Å²) in [4.78, 5) is 34.5. The first kappa shape index (κ1) is 16.7. The van der Waals surface area contributed by atoms with Gasteiger partial charge in [-0.05, 0) is 19.8 Å². The number of aromatic nitrogens is 1. The van der Waals surface area contributed by atoms with E-state index in [9.17, 15) is 14.4 Å². The molecule has 0 spiro atoms. The lowest BCUT2D eigenvalue weighted by Gasteiger charge is -2.08. The molecule has 0 aliphatic heterocycles. The second-order valence-electron chi connectivity index (χ2n) is 4.93. The Balaban J connectivity index is 2.40. The number of aryl methyl sites for hydroxylation is 2. The summed E-state index contributed by atoms with van der Waals surface area (Å²) in [7, 11) is 0. The highest BCUT2D eigenvalue weighted by Gasteiger charge is 2.20. The van der Waals surface area contributed by atoms with Crippen LogP contribution in [0, 0.1) is 19.8 Å². The van der Waals surface area contributed by atoms with Crippen molar-refractivity contribution in [3.05, 3.63) is 17.0 Å². The molecule has 1 aromatic heterocycles. The molecule has 0 atom stereocenters. The summed E-state index contributed by atoms with van der Waals surface area (Å²) in [6, 6.07) is -0.623. The minimum Gasteiger partial charge on any atom is -0.452 e. The number of nitrogens with zero attached hydrogens (tertiary/aromatic N) is 1. The van der Waals surface area contributed by atoms with Gasteiger partial charge >= 0.3 is 12.0 Å². The van der Waals surface area contributed by atoms with E-state index in [-0.39, 0.29) is 11.5 Å². The number of imide groups is 1. The fourth-order valence-corrected chi connectivity index (χ4v) is 1.48. The minimum atomic E-state index is -0.719. The molecule has 0 aromatic carbocycles. The van der Waals surface area contributed by atoms with E-state index < -0.39 is 24.5 Å². The van der Waals surface area contributed by atoms with Gasteiger partial charge in [0.25, 0.3) is 5.91 Å². The van der Waals surface area contributed by atoms with Crippen molar-refractivity contribution in [1.82, 2.24) is 15.8 Å². The molecule has 0 fully saturated rings. The Morgan fingerprint density at radius 2 is 1.95 bits per heavy atom. The van der Waals surface area contributed by atoms with Crippen molar-refractivity contribution in [2.75, 3.05) is 13.2 Å². The van der Waals surface area contributed by atoms with Crippen molar-refractivity contribution in [3.63, 3.8) is 0 Å². The van der Waals surface area contributed by atoms with Crippen LogP contribution >= 0.6 is 0 Å². The van der Waals surface area contributed by atoms with E-state index in [2.05, 4.69) is 15.8 Å². The van der Waals surface area contributed by atoms with E-state index in [4.69, 9.17) is 9.26 Å². The quantitative estimate of drug-likeness (QED) is 0.782. The van der Waals surface area contributed by atoms with Crippen LogP contribution in [-0.2, 0) is 9.53 Å². The molecule has 0 unspecified atom stereocenters. The van der Waals surface area contributed by atoms with Crippen molar-refractivity contribution >= 4 is 17.9 Å². The Morgan fingerprint density at radius 1 is 1.29 bits per heavy atom. The maximum Gasteiger partial charge on any atom is 0.344 e. The molecule has 0 aliphatic carbocycles. The number of hydrogen-bond donors (Lipinski definition) is 2. The molecular formula is C13H19N3O5. The molecule has 8 nitrogen and oxygen atoms in total. The maximum atomic E-state index is 11.7. The highest BCUT2D eigenvalue weighted by molar-refractivity contribution is 5.97. The summed E-state index contributed by atoms with van der Waals surface area (Å²) in [6.45, 7) is 6.89. The lowest BCUT2D eigenvalue weighted by atomic mass is 10.2. The maximum absolute atomic E-state index is 11.7. The van der Waals surface area contributed by atoms with E-state index in [1.54, 1.807) is 13.8 Å². The zero-order valence-corrected chi connectivity index (χ0v) is 12.5. The number of hydrogen-bond acceptors (Lipinski definition) is 6. The van der Waals surface area contributed by atoms with Gasteiger partial charge in [-0.15, -0.1) is 0 Å². The Bertz CT molecular complexity index is 516. The zero-order valence-electron chi connectivity index (χ0n) is 12.5. The van der Waals surface area contributed by atoms with E-state index in [0.717, 1.165) is 0 Å². The number of carbonyl (C=O) groups excluding carboxylic acids is 3. The van der Waals surface area contributed by atoms with Crippen molar-refractivity contribution in [2.45, 2.75) is 27.7 Å². The standard InChI is InChI=1S/C13H19N3O5/c1-7(2)5-14-13(19)15-10(17)6-20-12(18)11-8(3)16-21-9(11)4/h7H,5-6H2,1-4H3,(H2,14,15,17,19). The predicted molar refractivity (Wildman–Crippen MR) is 72.6 cm³/mol. The van der Waals surface area contributed by atoms with Gasteiger partial charge in [0.1, 0.15) is 11.3 Å². The smallest absolute Gasteiger partial charge is 0.344 e. The topological polar surface area (TPSA) is 111 Å². The summed E-state index contributed by atoms with van der Waals surface area (Å²) in [5.41, 5.74) is 0.569. The van der Waals surface area contributed by atoms with Crippen LogP contribution in [-0.4, -0.2) is 36.2 Å². The van der Waals surface area contributed by atoms with Gasteiger partial charge in [-0.3, -0.25) is 10.1 Å². The molecule has 1 rings (SSSR count). The van der Waals surface area contributed by atoms with Crippen molar-refractivity contribution in [1.29, 1.82) is 0 Å². The zero-order chi connectivity index (χ0) is 16.0. The summed E-state index contributed by atoms with van der Waals surface area (Å²) >= 11 is 0. The predicted octanol–water partition coefficient (Wildman–Crippen LogP) is 0.930. The van der Waals surface area contributed by atoms with Gasteiger partial charge in [0, 0.05) is 6.54 Å². The second kappa shape index (κ2) is 7.41. The van der Waals surface area contributed by atoms with Crippen LogP contribution in [0.1, 0.15) is 35.7 Å². The first-order chi connectivity index (χ1) is 9.81. The fourth-order valence-electron chi connectivity index (χ4n) is 1.48. The van der Waals surface area contributed by atoms with Gasteiger partial charge in [0.2, 0.25) is 0 Å². The molecule has 0 bridgehead atoms. The Labute approximate surface area is 122 Å². The number of ether oxygens (including phenoxy) is 1. The minimum absolute atomic E-state index is 0.187. The number of carbonyl (C=O) groups is 3. The molecule has 21 heavy (non-hydrogen) atoms. The van der Waals surface area contributed by atoms with Crippen LogP contribution < -0.4 is 10.6 Å². The molecule has 0 radical (unpaired) electrons. The number of urea groups is 1. The molecule has 116 valence electrons. The van der Waals surface area contributed by atoms with E-state index in [1.807, 2.05) is 13.8 Å². The third-order valence-electron chi connectivity index (χ3n) is 2.50. The van der Waals surface area contributed by atoms with Gasteiger partial charge in [0.05, 0.1) is 5.69 Å². The summed E-state index contributed by atoms with van der Waals surface area (Å²) in [6.07, 6.45) is 0. The van der Waals surface area contributed by atoms with Gasteiger partial charge in [-0.25, -0.2) is 9.59 Å². The molecule has 1 aromatic rings. The number of amides is 3. The van der Waals surface area contributed by atoms with Crippen molar-refractivity contribution in [2.24, 2.45) is 5.92 Å². The van der Waals surface area contributed by atoms with Crippen molar-refractivity contribution in [3.8, 4) is 0 Å². The first-order valence-corrected chi connectivity index (χ1v) is 6.49. The Morgan fingerprint density at radius 3 is 2.48 bits per heavy atom. The van der Waals surface area contributed by atoms with Gasteiger partial charge in [-0.1, -0.05) is 19.0 Å². The molecule has 1 heterocycles. The second-order valence-corrected chi connectivity index (χ2v) is 4.93. The lowest BCUT2D eigenvalue weighted by Crippen LogP contribution is -2.42. The van der Waals surface area contributed by atoms with Crippen LogP contribution in [0.5, 0.6) is 0 Å². The van der Waals surface area contributed by atoms with E-state index in [1.165, 1.54) is 0 Å². The molecule has 0 aliphatic rings. The first-order valence-electron chi connectivity index (χ1n) is 6.49. The highest BCUT2D eigenvalue weighted by atomic mass is 16.5. The third-order valence-corrected chi connectivity index (χ3v) is 2.50. The molecule has 2 N–H and O–H groups in total. The molecular weight excluding hydrogens is 278 g/mol. The highest BCUT2D eigenvalue weighted by Crippen LogP contribution is 2.13. The monoisotopic (exact) mass is 297 g/mol. The normalized spacial score (nSPS) is 10.3. The third kappa shape index (κ3) is 5.25. The van der Waals surface area contributed by atoms with Crippen LogP contribution in [0.4, 0.5) is 4.79 Å². The average molecular weight is 297 g/mol. The number of nitrogens with one attached hydrogen (secondary N) is 2. The van der Waals surface area contributed by atoms with Crippen LogP contribution in [0.2, 0.25) is 0 Å². The fraction of sp³-hybridized carbons (Fsp3) is 0.538. The SMILES string of the molecule is Cc1noc(C)c1C(=O)OCC(=O)NC(=O)NCC(C)C. The number of esters is 1. The molecule has 0 saturated heterocycles. The van der Waals surface area contributed by atoms with Gasteiger partial charge in [0.15, 0.2) is 6.61 Å². The Kier molecular flexibility index (Phi) is 5.89. The summed E-state index contributed by atoms with van der Waals surface area (Å²) in [5.74, 6) is -0.851. The molecule has 0 saturated carbocycles. The van der Waals surface area contributed by atoms with Crippen molar-refractivity contribution < 1.29 is 23.6 Å². The lowest BCUT2D eigenvalue weighted by molar-refractivity contribution is -0.123. The number of rotatable bonds is 5. The largest absolute Gasteiger partial charge is 0.452 e. The Hall–Kier alpha value is -2.38. The summed E-state index contributed by atoms with van der Waals surface area (Å²) in [5, 5.41) is 8.18. The summed E-state index contributed by atoms with van der Waals surface area (Å²) < 4.78 is 9.63. The van der Waals surface area contributed by atoms with E-state index in [0.29, 0.717) is 18.0 Å². The van der Waals surface area contributed by atoms with Crippen LogP contribution in [0.25, 0.3) is 0 Å². The van der Waals surface area contributed by atoms with Crippen LogP contribution in [0.15, 0.2) is 4.52 Å². The molecule has 8 heteroatoms. The van der Waals surface area contributed by atoms with E-state index >= 15 is 0 Å². The average Bonchev–Trinajstić information content (AvgIpc) is 2.73. The van der Waals surface area contributed by atoms with Gasteiger partial charge in [-0.2, -0.15) is 0 Å². The molecule has 3 amide bonds. The van der Waals surface area contributed by atoms with Gasteiger partial charge < -0.3 is 14.6 Å².